The monoisotopic (exact) mass is 530 g/mol. The van der Waals surface area contributed by atoms with Crippen LogP contribution >= 0.6 is 11.8 Å². The normalized spacial score (nSPS) is 18.5. The van der Waals surface area contributed by atoms with Gasteiger partial charge in [0.05, 0.1) is 18.5 Å². The Kier molecular flexibility index (Phi) is 8.76. The SMILES string of the molecule is COC(=O)N[C@@H](Cc1ccccc1)C(=O)N[C@@H](Cc1ccc(N[SH](=O)=O)cc1)C1=CSC(C2CC2)N1. The van der Waals surface area contributed by atoms with E-state index >= 15 is 0 Å². The standard InChI is InChI=1S/C25H30N4O5S2/c1-34-25(31)28-21(14-16-5-3-2-4-6-16)23(30)26-20(22-15-35-24(27-22)18-9-10-18)13-17-7-11-19(12-8-17)29-36(32)33/h2-8,11-12,15,18,20-21,24,27,36H,9-10,13-14H2,1H3,(H,26,30)(H,28,31)(H,29,32,33)/t20-,21-,24?/m0/s1. The number of rotatable bonds is 11. The van der Waals surface area contributed by atoms with Crippen molar-refractivity contribution in [2.24, 2.45) is 5.92 Å². The second kappa shape index (κ2) is 12.2. The van der Waals surface area contributed by atoms with Gasteiger partial charge in [0.25, 0.3) is 0 Å². The predicted molar refractivity (Wildman–Crippen MR) is 141 cm³/mol. The van der Waals surface area contributed by atoms with Crippen LogP contribution in [0.4, 0.5) is 10.5 Å². The quantitative estimate of drug-likeness (QED) is 0.283. The van der Waals surface area contributed by atoms with Crippen molar-refractivity contribution >= 4 is 40.3 Å². The van der Waals surface area contributed by atoms with Crippen LogP contribution in [-0.2, 0) is 33.3 Å². The third-order valence-corrected chi connectivity index (χ3v) is 7.71. The van der Waals surface area contributed by atoms with Gasteiger partial charge in [-0.2, -0.15) is 0 Å². The van der Waals surface area contributed by atoms with Crippen LogP contribution in [0.5, 0.6) is 0 Å². The lowest BCUT2D eigenvalue weighted by Gasteiger charge is -2.25. The molecule has 2 amide bonds. The number of amides is 2. The molecule has 0 saturated heterocycles. The highest BCUT2D eigenvalue weighted by Gasteiger charge is 2.36. The maximum Gasteiger partial charge on any atom is 0.407 e. The molecule has 2 aliphatic rings. The van der Waals surface area contributed by atoms with E-state index in [1.165, 1.54) is 20.0 Å². The van der Waals surface area contributed by atoms with Crippen molar-refractivity contribution in [3.8, 4) is 0 Å². The summed E-state index contributed by atoms with van der Waals surface area (Å²) < 4.78 is 29.0. The van der Waals surface area contributed by atoms with Crippen LogP contribution in [0, 0.1) is 5.92 Å². The van der Waals surface area contributed by atoms with E-state index in [0.717, 1.165) is 16.8 Å². The lowest BCUT2D eigenvalue weighted by atomic mass is 10.0. The topological polar surface area (TPSA) is 126 Å². The van der Waals surface area contributed by atoms with Crippen LogP contribution in [0.15, 0.2) is 65.7 Å². The first kappa shape index (κ1) is 25.9. The maximum absolute atomic E-state index is 13.4. The summed E-state index contributed by atoms with van der Waals surface area (Å²) in [5, 5.41) is 11.7. The molecule has 0 radical (unpaired) electrons. The van der Waals surface area contributed by atoms with E-state index in [9.17, 15) is 18.0 Å². The molecule has 2 aromatic carbocycles. The summed E-state index contributed by atoms with van der Waals surface area (Å²) in [6.07, 6.45) is 2.52. The van der Waals surface area contributed by atoms with Crippen molar-refractivity contribution in [2.45, 2.75) is 43.1 Å². The number of hydrogen-bond acceptors (Lipinski definition) is 7. The summed E-state index contributed by atoms with van der Waals surface area (Å²) in [6, 6.07) is 15.3. The Morgan fingerprint density at radius 2 is 1.72 bits per heavy atom. The number of nitrogens with one attached hydrogen (secondary N) is 4. The minimum Gasteiger partial charge on any atom is -0.453 e. The Labute approximate surface area is 216 Å². The molecule has 36 heavy (non-hydrogen) atoms. The van der Waals surface area contributed by atoms with Gasteiger partial charge in [-0.3, -0.25) is 9.52 Å². The second-order valence-electron chi connectivity index (χ2n) is 8.82. The summed E-state index contributed by atoms with van der Waals surface area (Å²) >= 11 is 1.73. The van der Waals surface area contributed by atoms with Crippen molar-refractivity contribution in [2.75, 3.05) is 11.8 Å². The molecule has 192 valence electrons. The third kappa shape index (κ3) is 7.41. The minimum atomic E-state index is -2.74. The van der Waals surface area contributed by atoms with Gasteiger partial charge < -0.3 is 20.7 Å². The Balaban J connectivity index is 1.51. The summed E-state index contributed by atoms with van der Waals surface area (Å²) in [4.78, 5) is 25.4. The predicted octanol–water partition coefficient (Wildman–Crippen LogP) is 2.53. The highest BCUT2D eigenvalue weighted by molar-refractivity contribution is 8.03. The van der Waals surface area contributed by atoms with Crippen molar-refractivity contribution in [3.63, 3.8) is 0 Å². The van der Waals surface area contributed by atoms with Crippen LogP contribution in [0.3, 0.4) is 0 Å². The van der Waals surface area contributed by atoms with Gasteiger partial charge in [-0.1, -0.05) is 42.5 Å². The number of ether oxygens (including phenoxy) is 1. The molecule has 1 heterocycles. The van der Waals surface area contributed by atoms with E-state index in [4.69, 9.17) is 4.74 Å². The van der Waals surface area contributed by atoms with Gasteiger partial charge in [-0.15, -0.1) is 11.8 Å². The van der Waals surface area contributed by atoms with E-state index in [2.05, 4.69) is 26.1 Å². The molecule has 4 rings (SSSR count). The fraction of sp³-hybridized carbons (Fsp3) is 0.360. The van der Waals surface area contributed by atoms with E-state index in [-0.39, 0.29) is 11.9 Å². The number of carbonyl (C=O) groups excluding carboxylic acids is 2. The summed E-state index contributed by atoms with van der Waals surface area (Å²) in [5.74, 6) is 0.310. The smallest absolute Gasteiger partial charge is 0.407 e. The van der Waals surface area contributed by atoms with Gasteiger partial charge in [0.1, 0.15) is 6.04 Å². The first-order chi connectivity index (χ1) is 17.4. The average molecular weight is 531 g/mol. The van der Waals surface area contributed by atoms with E-state index in [1.807, 2.05) is 42.5 Å². The molecule has 4 N–H and O–H groups in total. The molecule has 1 saturated carbocycles. The molecule has 3 atom stereocenters. The van der Waals surface area contributed by atoms with Crippen molar-refractivity contribution in [1.82, 2.24) is 16.0 Å². The summed E-state index contributed by atoms with van der Waals surface area (Å²) in [7, 11) is -1.48. The Morgan fingerprint density at radius 3 is 2.36 bits per heavy atom. The number of thiol groups is 1. The van der Waals surface area contributed by atoms with E-state index in [1.54, 1.807) is 23.9 Å². The highest BCUT2D eigenvalue weighted by Crippen LogP contribution is 2.41. The number of methoxy groups -OCH3 is 1. The van der Waals surface area contributed by atoms with Gasteiger partial charge >= 0.3 is 6.09 Å². The van der Waals surface area contributed by atoms with Crippen LogP contribution in [0.25, 0.3) is 0 Å². The molecule has 9 nitrogen and oxygen atoms in total. The molecule has 1 unspecified atom stereocenters. The summed E-state index contributed by atoms with van der Waals surface area (Å²) in [6.45, 7) is 0. The lowest BCUT2D eigenvalue weighted by molar-refractivity contribution is -0.123. The minimum absolute atomic E-state index is 0.299. The molecule has 2 aromatic rings. The number of anilines is 1. The van der Waals surface area contributed by atoms with Crippen molar-refractivity contribution < 1.29 is 22.7 Å². The van der Waals surface area contributed by atoms with Gasteiger partial charge in [0, 0.05) is 17.8 Å². The molecular formula is C25H30N4O5S2. The van der Waals surface area contributed by atoms with Crippen LogP contribution in [-0.4, -0.2) is 45.0 Å². The van der Waals surface area contributed by atoms with Gasteiger partial charge in [0.2, 0.25) is 16.8 Å². The molecule has 1 fully saturated rings. The lowest BCUT2D eigenvalue weighted by Crippen LogP contribution is -2.52. The molecule has 0 spiro atoms. The molecule has 0 aromatic heterocycles. The first-order valence-electron chi connectivity index (χ1n) is 11.7. The van der Waals surface area contributed by atoms with Gasteiger partial charge in [0.15, 0.2) is 0 Å². The van der Waals surface area contributed by atoms with Gasteiger partial charge in [-0.25, -0.2) is 13.2 Å². The highest BCUT2D eigenvalue weighted by atomic mass is 32.2. The van der Waals surface area contributed by atoms with E-state index < -0.39 is 23.0 Å². The maximum atomic E-state index is 13.4. The number of hydrogen-bond donors (Lipinski definition) is 5. The fourth-order valence-corrected chi connectivity index (χ4v) is 5.60. The van der Waals surface area contributed by atoms with E-state index in [0.29, 0.717) is 29.8 Å². The first-order valence-corrected chi connectivity index (χ1v) is 13.8. The fourth-order valence-electron chi connectivity index (χ4n) is 4.02. The number of carbonyl (C=O) groups is 2. The molecule has 1 aliphatic carbocycles. The van der Waals surface area contributed by atoms with Crippen LogP contribution in [0.1, 0.15) is 24.0 Å². The molecular weight excluding hydrogens is 500 g/mol. The average Bonchev–Trinajstić information content (AvgIpc) is 3.61. The van der Waals surface area contributed by atoms with Crippen molar-refractivity contribution in [1.29, 1.82) is 0 Å². The zero-order valence-corrected chi connectivity index (χ0v) is 21.5. The number of thioether (sulfide) groups is 1. The molecule has 0 bridgehead atoms. The van der Waals surface area contributed by atoms with Crippen molar-refractivity contribution in [3.05, 3.63) is 76.8 Å². The third-order valence-electron chi connectivity index (χ3n) is 6.08. The largest absolute Gasteiger partial charge is 0.453 e. The number of benzene rings is 2. The zero-order chi connectivity index (χ0) is 25.5. The van der Waals surface area contributed by atoms with Gasteiger partial charge in [-0.05, 0) is 53.8 Å². The second-order valence-corrected chi connectivity index (χ2v) is 10.6. The Bertz CT molecular complexity index is 1160. The van der Waals surface area contributed by atoms with Crippen LogP contribution < -0.4 is 20.7 Å². The molecule has 1 aliphatic heterocycles. The zero-order valence-electron chi connectivity index (χ0n) is 19.8. The van der Waals surface area contributed by atoms with Crippen LogP contribution in [0.2, 0.25) is 0 Å². The Hall–Kier alpha value is -3.18. The molecule has 11 heteroatoms. The Morgan fingerprint density at radius 1 is 1.03 bits per heavy atom. The summed E-state index contributed by atoms with van der Waals surface area (Å²) in [5.41, 5.74) is 3.23. The number of alkyl carbamates (subject to hydrolysis) is 1.